The first-order valence-electron chi connectivity index (χ1n) is 4.32. The highest BCUT2D eigenvalue weighted by atomic mass is 15.1. The third kappa shape index (κ3) is 2.43. The minimum atomic E-state index is 0.338. The molecule has 3 nitrogen and oxygen atoms in total. The monoisotopic (exact) mass is 157 g/mol. The summed E-state index contributed by atoms with van der Waals surface area (Å²) in [6.45, 7) is 3.32. The molecular weight excluding hydrogens is 138 g/mol. The lowest BCUT2D eigenvalue weighted by molar-refractivity contribution is 0.365. The third-order valence-electron chi connectivity index (χ3n) is 2.47. The van der Waals surface area contributed by atoms with E-state index in [4.69, 9.17) is 5.73 Å². The van der Waals surface area contributed by atoms with Crippen molar-refractivity contribution in [1.29, 1.82) is 0 Å². The van der Waals surface area contributed by atoms with E-state index in [1.165, 1.54) is 19.5 Å². The Morgan fingerprint density at radius 2 is 2.45 bits per heavy atom. The summed E-state index contributed by atoms with van der Waals surface area (Å²) < 4.78 is 0. The second-order valence-corrected chi connectivity index (χ2v) is 3.53. The van der Waals surface area contributed by atoms with E-state index in [1.54, 1.807) is 0 Å². The van der Waals surface area contributed by atoms with Crippen LogP contribution < -0.4 is 11.1 Å². The van der Waals surface area contributed by atoms with Gasteiger partial charge in [0.15, 0.2) is 0 Å². The molecule has 1 saturated heterocycles. The Hall–Kier alpha value is -0.120. The highest BCUT2D eigenvalue weighted by Gasteiger charge is 2.24. The van der Waals surface area contributed by atoms with Crippen LogP contribution in [-0.4, -0.2) is 44.7 Å². The number of rotatable bonds is 3. The van der Waals surface area contributed by atoms with Gasteiger partial charge in [-0.15, -0.1) is 0 Å². The number of nitrogens with two attached hydrogens (primary N) is 1. The summed E-state index contributed by atoms with van der Waals surface area (Å²) in [4.78, 5) is 2.35. The molecule has 66 valence electrons. The Morgan fingerprint density at radius 3 is 2.91 bits per heavy atom. The molecular formula is C8H19N3. The Kier molecular flexibility index (Phi) is 3.30. The van der Waals surface area contributed by atoms with Crippen LogP contribution in [0, 0.1) is 5.92 Å². The first-order valence-corrected chi connectivity index (χ1v) is 4.32. The molecule has 0 aromatic rings. The van der Waals surface area contributed by atoms with Gasteiger partial charge in [-0.25, -0.2) is 0 Å². The molecule has 0 amide bonds. The van der Waals surface area contributed by atoms with Crippen LogP contribution in [0.25, 0.3) is 0 Å². The number of hydrogen-bond acceptors (Lipinski definition) is 3. The molecule has 0 bridgehead atoms. The molecule has 1 fully saturated rings. The molecule has 1 aliphatic rings. The summed E-state index contributed by atoms with van der Waals surface area (Å²) in [6.07, 6.45) is 1.26. The van der Waals surface area contributed by atoms with Crippen LogP contribution in [0.3, 0.4) is 0 Å². The lowest BCUT2D eigenvalue weighted by Crippen LogP contribution is -2.39. The molecule has 1 rings (SSSR count). The Labute approximate surface area is 68.9 Å². The first-order chi connectivity index (χ1) is 5.24. The summed E-state index contributed by atoms with van der Waals surface area (Å²) in [5, 5.41) is 3.12. The highest BCUT2D eigenvalue weighted by molar-refractivity contribution is 4.82. The lowest BCUT2D eigenvalue weighted by atomic mass is 10.00. The quantitative estimate of drug-likeness (QED) is 0.579. The van der Waals surface area contributed by atoms with Crippen LogP contribution in [0.2, 0.25) is 0 Å². The minimum Gasteiger partial charge on any atom is -0.326 e. The number of nitrogens with one attached hydrogen (secondary N) is 1. The SMILES string of the molecule is CNCC(N)C1CCN(C)C1. The zero-order valence-electron chi connectivity index (χ0n) is 7.51. The first kappa shape index (κ1) is 8.97. The average Bonchev–Trinajstić information content (AvgIpc) is 2.36. The molecule has 2 atom stereocenters. The molecule has 0 spiro atoms. The predicted molar refractivity (Wildman–Crippen MR) is 47.5 cm³/mol. The van der Waals surface area contributed by atoms with Crippen molar-refractivity contribution in [1.82, 2.24) is 10.2 Å². The number of nitrogens with zero attached hydrogens (tertiary/aromatic N) is 1. The van der Waals surface area contributed by atoms with E-state index in [9.17, 15) is 0 Å². The van der Waals surface area contributed by atoms with E-state index in [0.717, 1.165) is 6.54 Å². The molecule has 3 N–H and O–H groups in total. The lowest BCUT2D eigenvalue weighted by Gasteiger charge is -2.18. The molecule has 0 radical (unpaired) electrons. The fraction of sp³-hybridized carbons (Fsp3) is 1.00. The average molecular weight is 157 g/mol. The second kappa shape index (κ2) is 4.04. The predicted octanol–water partition coefficient (Wildman–Crippen LogP) is -0.515. The van der Waals surface area contributed by atoms with Crippen molar-refractivity contribution in [2.24, 2.45) is 11.7 Å². The van der Waals surface area contributed by atoms with Gasteiger partial charge in [0, 0.05) is 19.1 Å². The fourth-order valence-corrected chi connectivity index (χ4v) is 1.72. The van der Waals surface area contributed by atoms with Crippen molar-refractivity contribution >= 4 is 0 Å². The summed E-state index contributed by atoms with van der Waals surface area (Å²) in [7, 11) is 4.12. The zero-order chi connectivity index (χ0) is 8.27. The molecule has 3 heteroatoms. The van der Waals surface area contributed by atoms with Gasteiger partial charge in [0.2, 0.25) is 0 Å². The van der Waals surface area contributed by atoms with Crippen LogP contribution in [0.1, 0.15) is 6.42 Å². The van der Waals surface area contributed by atoms with Crippen molar-refractivity contribution in [3.8, 4) is 0 Å². The molecule has 11 heavy (non-hydrogen) atoms. The maximum absolute atomic E-state index is 5.96. The third-order valence-corrected chi connectivity index (χ3v) is 2.47. The van der Waals surface area contributed by atoms with Crippen LogP contribution in [0.5, 0.6) is 0 Å². The number of hydrogen-bond donors (Lipinski definition) is 2. The Balaban J connectivity index is 2.25. The van der Waals surface area contributed by atoms with Crippen molar-refractivity contribution in [2.75, 3.05) is 33.7 Å². The Bertz CT molecular complexity index is 116. The summed E-state index contributed by atoms with van der Waals surface area (Å²) in [5.41, 5.74) is 5.96. The van der Waals surface area contributed by atoms with Crippen LogP contribution in [0.4, 0.5) is 0 Å². The molecule has 0 aromatic heterocycles. The normalized spacial score (nSPS) is 29.2. The molecule has 0 saturated carbocycles. The van der Waals surface area contributed by atoms with Crippen molar-refractivity contribution in [3.63, 3.8) is 0 Å². The van der Waals surface area contributed by atoms with E-state index in [2.05, 4.69) is 17.3 Å². The standard InChI is InChI=1S/C8H19N3/c1-10-5-8(9)7-3-4-11(2)6-7/h7-8,10H,3-6,9H2,1-2H3. The van der Waals surface area contributed by atoms with Gasteiger partial charge in [-0.1, -0.05) is 0 Å². The van der Waals surface area contributed by atoms with Gasteiger partial charge in [0.05, 0.1) is 0 Å². The van der Waals surface area contributed by atoms with Gasteiger partial charge < -0.3 is 16.0 Å². The Morgan fingerprint density at radius 1 is 1.73 bits per heavy atom. The second-order valence-electron chi connectivity index (χ2n) is 3.53. The van der Waals surface area contributed by atoms with E-state index >= 15 is 0 Å². The van der Waals surface area contributed by atoms with Crippen LogP contribution in [0.15, 0.2) is 0 Å². The van der Waals surface area contributed by atoms with Crippen molar-refractivity contribution < 1.29 is 0 Å². The van der Waals surface area contributed by atoms with Gasteiger partial charge in [-0.3, -0.25) is 0 Å². The van der Waals surface area contributed by atoms with E-state index < -0.39 is 0 Å². The van der Waals surface area contributed by atoms with Gasteiger partial charge in [0.1, 0.15) is 0 Å². The summed E-state index contributed by atoms with van der Waals surface area (Å²) in [6, 6.07) is 0.338. The van der Waals surface area contributed by atoms with Crippen molar-refractivity contribution in [3.05, 3.63) is 0 Å². The summed E-state index contributed by atoms with van der Waals surface area (Å²) in [5.74, 6) is 0.701. The summed E-state index contributed by atoms with van der Waals surface area (Å²) >= 11 is 0. The van der Waals surface area contributed by atoms with Gasteiger partial charge >= 0.3 is 0 Å². The van der Waals surface area contributed by atoms with E-state index in [0.29, 0.717) is 12.0 Å². The van der Waals surface area contributed by atoms with Gasteiger partial charge in [-0.2, -0.15) is 0 Å². The van der Waals surface area contributed by atoms with Crippen molar-refractivity contribution in [2.45, 2.75) is 12.5 Å². The highest BCUT2D eigenvalue weighted by Crippen LogP contribution is 2.16. The molecule has 1 heterocycles. The fourth-order valence-electron chi connectivity index (χ4n) is 1.72. The maximum Gasteiger partial charge on any atom is 0.0206 e. The molecule has 0 aliphatic carbocycles. The zero-order valence-corrected chi connectivity index (χ0v) is 7.51. The largest absolute Gasteiger partial charge is 0.326 e. The van der Waals surface area contributed by atoms with E-state index in [1.807, 2.05) is 7.05 Å². The smallest absolute Gasteiger partial charge is 0.0206 e. The minimum absolute atomic E-state index is 0.338. The number of likely N-dealkylation sites (N-methyl/N-ethyl adjacent to an activating group) is 1. The van der Waals surface area contributed by atoms with E-state index in [-0.39, 0.29) is 0 Å². The molecule has 0 aromatic carbocycles. The maximum atomic E-state index is 5.96. The van der Waals surface area contributed by atoms with Gasteiger partial charge in [-0.05, 0) is 33.0 Å². The van der Waals surface area contributed by atoms with Crippen LogP contribution in [-0.2, 0) is 0 Å². The van der Waals surface area contributed by atoms with Gasteiger partial charge in [0.25, 0.3) is 0 Å². The molecule has 1 aliphatic heterocycles. The number of likely N-dealkylation sites (tertiary alicyclic amines) is 1. The topological polar surface area (TPSA) is 41.3 Å². The molecule has 2 unspecified atom stereocenters. The van der Waals surface area contributed by atoms with Crippen LogP contribution >= 0.6 is 0 Å².